The Bertz CT molecular complexity index is 297. The van der Waals surface area contributed by atoms with E-state index in [1.807, 2.05) is 13.0 Å². The van der Waals surface area contributed by atoms with Crippen molar-refractivity contribution < 1.29 is 9.53 Å². The molecule has 0 fully saturated rings. The van der Waals surface area contributed by atoms with E-state index in [1.54, 1.807) is 0 Å². The van der Waals surface area contributed by atoms with Gasteiger partial charge in [-0.1, -0.05) is 6.92 Å². The van der Waals surface area contributed by atoms with Crippen molar-refractivity contribution in [2.24, 2.45) is 5.92 Å². The average Bonchev–Trinajstić information content (AvgIpc) is 2.28. The van der Waals surface area contributed by atoms with E-state index in [-0.39, 0.29) is 5.97 Å². The SMILES string of the molecule is CC1=C2CC[C@@H](C)C=C2OC1=O. The van der Waals surface area contributed by atoms with Crippen molar-refractivity contribution >= 4 is 5.97 Å². The number of carbonyl (C=O) groups excluding carboxylic acids is 1. The zero-order valence-electron chi connectivity index (χ0n) is 7.39. The summed E-state index contributed by atoms with van der Waals surface area (Å²) in [5.74, 6) is 1.20. The van der Waals surface area contributed by atoms with Crippen LogP contribution in [0, 0.1) is 5.92 Å². The largest absolute Gasteiger partial charge is 0.423 e. The van der Waals surface area contributed by atoms with Crippen LogP contribution < -0.4 is 0 Å². The highest BCUT2D eigenvalue weighted by Gasteiger charge is 2.29. The van der Waals surface area contributed by atoms with E-state index in [1.165, 1.54) is 0 Å². The fraction of sp³-hybridized carbons (Fsp3) is 0.500. The third-order valence-electron chi connectivity index (χ3n) is 2.54. The summed E-state index contributed by atoms with van der Waals surface area (Å²) >= 11 is 0. The van der Waals surface area contributed by atoms with Gasteiger partial charge in [-0.25, -0.2) is 4.79 Å². The zero-order chi connectivity index (χ0) is 8.72. The Morgan fingerprint density at radius 3 is 3.08 bits per heavy atom. The molecule has 64 valence electrons. The molecule has 1 atom stereocenters. The number of ether oxygens (including phenoxy) is 1. The van der Waals surface area contributed by atoms with E-state index in [0.29, 0.717) is 5.92 Å². The van der Waals surface area contributed by atoms with Crippen LogP contribution in [0.5, 0.6) is 0 Å². The highest BCUT2D eigenvalue weighted by Crippen LogP contribution is 2.35. The Balaban J connectivity index is 2.42. The molecule has 1 heterocycles. The summed E-state index contributed by atoms with van der Waals surface area (Å²) in [4.78, 5) is 11.1. The van der Waals surface area contributed by atoms with E-state index >= 15 is 0 Å². The molecule has 1 aliphatic carbocycles. The number of allylic oxidation sites excluding steroid dienone is 2. The van der Waals surface area contributed by atoms with Gasteiger partial charge in [0, 0.05) is 11.1 Å². The first kappa shape index (κ1) is 7.59. The predicted molar refractivity (Wildman–Crippen MR) is 45.3 cm³/mol. The van der Waals surface area contributed by atoms with E-state index in [0.717, 1.165) is 29.7 Å². The average molecular weight is 164 g/mol. The highest BCUT2D eigenvalue weighted by molar-refractivity contribution is 5.93. The van der Waals surface area contributed by atoms with Gasteiger partial charge in [-0.15, -0.1) is 0 Å². The lowest BCUT2D eigenvalue weighted by Crippen LogP contribution is -2.02. The predicted octanol–water partition coefficient (Wildman–Crippen LogP) is 2.17. The van der Waals surface area contributed by atoms with Crippen LogP contribution in [0.1, 0.15) is 26.7 Å². The fourth-order valence-corrected chi connectivity index (χ4v) is 1.71. The molecule has 0 N–H and O–H groups in total. The van der Waals surface area contributed by atoms with E-state index in [2.05, 4.69) is 6.92 Å². The number of esters is 1. The second-order valence-electron chi connectivity index (χ2n) is 3.54. The van der Waals surface area contributed by atoms with E-state index in [4.69, 9.17) is 4.74 Å². The number of hydrogen-bond acceptors (Lipinski definition) is 2. The topological polar surface area (TPSA) is 26.3 Å². The second-order valence-corrected chi connectivity index (χ2v) is 3.54. The third-order valence-corrected chi connectivity index (χ3v) is 2.54. The minimum Gasteiger partial charge on any atom is -0.423 e. The second kappa shape index (κ2) is 2.47. The number of fused-ring (bicyclic) bond motifs is 1. The van der Waals surface area contributed by atoms with Crippen LogP contribution in [0.15, 0.2) is 23.0 Å². The van der Waals surface area contributed by atoms with Crippen LogP contribution in [0.2, 0.25) is 0 Å². The van der Waals surface area contributed by atoms with Crippen LogP contribution >= 0.6 is 0 Å². The maximum absolute atomic E-state index is 11.1. The standard InChI is InChI=1S/C10H12O2/c1-6-3-4-8-7(2)10(11)12-9(8)5-6/h5-6H,3-4H2,1-2H3/t6-/m1/s1. The molecule has 0 amide bonds. The van der Waals surface area contributed by atoms with Crippen molar-refractivity contribution in [2.75, 3.05) is 0 Å². The molecular weight excluding hydrogens is 152 g/mol. The summed E-state index contributed by atoms with van der Waals surface area (Å²) in [5.41, 5.74) is 1.92. The molecule has 0 aromatic rings. The van der Waals surface area contributed by atoms with Gasteiger partial charge in [0.15, 0.2) is 0 Å². The molecule has 0 saturated heterocycles. The molecule has 0 aromatic carbocycles. The van der Waals surface area contributed by atoms with Crippen molar-refractivity contribution in [1.82, 2.24) is 0 Å². The maximum atomic E-state index is 11.1. The van der Waals surface area contributed by atoms with E-state index in [9.17, 15) is 4.79 Å². The highest BCUT2D eigenvalue weighted by atomic mass is 16.5. The van der Waals surface area contributed by atoms with Gasteiger partial charge in [-0.3, -0.25) is 0 Å². The Morgan fingerprint density at radius 2 is 2.33 bits per heavy atom. The van der Waals surface area contributed by atoms with Gasteiger partial charge in [0.1, 0.15) is 5.76 Å². The van der Waals surface area contributed by atoms with E-state index < -0.39 is 0 Å². The normalized spacial score (nSPS) is 28.3. The molecule has 0 unspecified atom stereocenters. The molecule has 1 aliphatic heterocycles. The minimum absolute atomic E-state index is 0.162. The van der Waals surface area contributed by atoms with Gasteiger partial charge >= 0.3 is 5.97 Å². The van der Waals surface area contributed by atoms with Gasteiger partial charge in [0.05, 0.1) is 0 Å². The first-order valence-electron chi connectivity index (χ1n) is 4.32. The molecule has 0 aromatic heterocycles. The van der Waals surface area contributed by atoms with Crippen LogP contribution in [-0.2, 0) is 9.53 Å². The molecule has 0 bridgehead atoms. The van der Waals surface area contributed by atoms with Crippen molar-refractivity contribution in [3.8, 4) is 0 Å². The summed E-state index contributed by atoms with van der Waals surface area (Å²) in [6.07, 6.45) is 4.17. The molecule has 2 heteroatoms. The van der Waals surface area contributed by atoms with Crippen molar-refractivity contribution in [2.45, 2.75) is 26.7 Å². The number of rotatable bonds is 0. The quantitative estimate of drug-likeness (QED) is 0.513. The van der Waals surface area contributed by atoms with Crippen molar-refractivity contribution in [1.29, 1.82) is 0 Å². The van der Waals surface area contributed by atoms with Crippen LogP contribution in [0.3, 0.4) is 0 Å². The molecule has 0 radical (unpaired) electrons. The molecule has 12 heavy (non-hydrogen) atoms. The lowest BCUT2D eigenvalue weighted by atomic mass is 9.91. The zero-order valence-corrected chi connectivity index (χ0v) is 7.39. The maximum Gasteiger partial charge on any atom is 0.339 e. The van der Waals surface area contributed by atoms with Crippen LogP contribution in [-0.4, -0.2) is 5.97 Å². The molecule has 2 nitrogen and oxygen atoms in total. The molecule has 0 spiro atoms. The summed E-state index contributed by atoms with van der Waals surface area (Å²) in [6.45, 7) is 3.99. The van der Waals surface area contributed by atoms with Crippen molar-refractivity contribution in [3.63, 3.8) is 0 Å². The monoisotopic (exact) mass is 164 g/mol. The number of hydrogen-bond donors (Lipinski definition) is 0. The summed E-state index contributed by atoms with van der Waals surface area (Å²) in [5, 5.41) is 0. The Hall–Kier alpha value is -1.05. The Kier molecular flexibility index (Phi) is 1.56. The van der Waals surface area contributed by atoms with Gasteiger partial charge in [-0.2, -0.15) is 0 Å². The van der Waals surface area contributed by atoms with Crippen LogP contribution in [0.25, 0.3) is 0 Å². The molecule has 2 rings (SSSR count). The summed E-state index contributed by atoms with van der Waals surface area (Å²) in [7, 11) is 0. The third kappa shape index (κ3) is 0.986. The summed E-state index contributed by atoms with van der Waals surface area (Å²) in [6, 6.07) is 0. The molecule has 2 aliphatic rings. The summed E-state index contributed by atoms with van der Waals surface area (Å²) < 4.78 is 5.10. The minimum atomic E-state index is -0.162. The number of carbonyl (C=O) groups is 1. The first-order valence-corrected chi connectivity index (χ1v) is 4.32. The smallest absolute Gasteiger partial charge is 0.339 e. The lowest BCUT2D eigenvalue weighted by Gasteiger charge is -2.15. The first-order chi connectivity index (χ1) is 5.68. The Morgan fingerprint density at radius 1 is 1.58 bits per heavy atom. The Labute approximate surface area is 71.9 Å². The van der Waals surface area contributed by atoms with Gasteiger partial charge in [0.2, 0.25) is 0 Å². The van der Waals surface area contributed by atoms with Crippen LogP contribution in [0.4, 0.5) is 0 Å². The molecule has 0 saturated carbocycles. The fourth-order valence-electron chi connectivity index (χ4n) is 1.71. The van der Waals surface area contributed by atoms with Crippen molar-refractivity contribution in [3.05, 3.63) is 23.0 Å². The van der Waals surface area contributed by atoms with Gasteiger partial charge < -0.3 is 4.74 Å². The van der Waals surface area contributed by atoms with Gasteiger partial charge in [0.25, 0.3) is 0 Å². The lowest BCUT2D eigenvalue weighted by molar-refractivity contribution is -0.133. The molecular formula is C10H12O2. The van der Waals surface area contributed by atoms with Gasteiger partial charge in [-0.05, 0) is 31.8 Å².